The summed E-state index contributed by atoms with van der Waals surface area (Å²) in [4.78, 5) is 16.3. The molecule has 0 aliphatic carbocycles. The highest BCUT2D eigenvalue weighted by molar-refractivity contribution is 14.1. The number of benzene rings is 2. The minimum atomic E-state index is -0.559. The average molecular weight is 577 g/mol. The van der Waals surface area contributed by atoms with Crippen molar-refractivity contribution in [3.8, 4) is 5.75 Å². The molecule has 1 aliphatic rings. The molecule has 1 aliphatic heterocycles. The summed E-state index contributed by atoms with van der Waals surface area (Å²) in [6.45, 7) is 3.94. The summed E-state index contributed by atoms with van der Waals surface area (Å²) in [5.74, 6) is -0.0495. The monoisotopic (exact) mass is 577 g/mol. The van der Waals surface area contributed by atoms with Gasteiger partial charge in [-0.1, -0.05) is 6.07 Å². The molecule has 1 heterocycles. The topological polar surface area (TPSA) is 47.9 Å². The lowest BCUT2D eigenvalue weighted by Gasteiger charge is -2.14. The van der Waals surface area contributed by atoms with Gasteiger partial charge in [-0.25, -0.2) is 14.2 Å². The first-order valence-electron chi connectivity index (χ1n) is 7.77. The fourth-order valence-corrected chi connectivity index (χ4v) is 4.39. The van der Waals surface area contributed by atoms with Crippen molar-refractivity contribution < 1.29 is 18.7 Å². The SMILES string of the molecule is CC(C)Oc1c(I)cc(/C=C2\N=C(c3cccc(F)c3)OC2=O)cc1I. The quantitative estimate of drug-likeness (QED) is 0.287. The largest absolute Gasteiger partial charge is 0.489 e. The molecule has 0 saturated heterocycles. The number of nitrogens with zero attached hydrogens (tertiary/aromatic N) is 1. The minimum Gasteiger partial charge on any atom is -0.489 e. The molecule has 0 aromatic heterocycles. The smallest absolute Gasteiger partial charge is 0.363 e. The van der Waals surface area contributed by atoms with Gasteiger partial charge in [-0.15, -0.1) is 0 Å². The molecular formula is C19H14FI2NO3. The van der Waals surface area contributed by atoms with E-state index in [1.807, 2.05) is 26.0 Å². The maximum atomic E-state index is 13.4. The molecule has 4 nitrogen and oxygen atoms in total. The van der Waals surface area contributed by atoms with Crippen LogP contribution in [0.15, 0.2) is 47.1 Å². The number of esters is 1. The van der Waals surface area contributed by atoms with Crippen LogP contribution < -0.4 is 4.74 Å². The van der Waals surface area contributed by atoms with Crippen LogP contribution in [0.5, 0.6) is 5.75 Å². The van der Waals surface area contributed by atoms with Gasteiger partial charge in [0.25, 0.3) is 0 Å². The van der Waals surface area contributed by atoms with Crippen molar-refractivity contribution in [2.75, 3.05) is 0 Å². The van der Waals surface area contributed by atoms with Gasteiger partial charge in [-0.3, -0.25) is 0 Å². The zero-order chi connectivity index (χ0) is 18.8. The van der Waals surface area contributed by atoms with E-state index in [0.29, 0.717) is 5.56 Å². The first-order chi connectivity index (χ1) is 12.3. The molecule has 0 saturated carbocycles. The molecule has 0 N–H and O–H groups in total. The second kappa shape index (κ2) is 8.03. The average Bonchev–Trinajstić information content (AvgIpc) is 2.92. The Balaban J connectivity index is 1.93. The molecule has 0 fully saturated rings. The standard InChI is InChI=1S/C19H14FI2NO3/c1-10(2)25-17-14(21)6-11(7-15(17)22)8-16-19(24)26-18(23-16)12-4-3-5-13(20)9-12/h3-10H,1-2H3/b16-8-. The number of rotatable bonds is 4. The third-order valence-electron chi connectivity index (χ3n) is 3.37. The van der Waals surface area contributed by atoms with E-state index >= 15 is 0 Å². The Kier molecular flexibility index (Phi) is 5.96. The third kappa shape index (κ3) is 4.43. The fraction of sp³-hybridized carbons (Fsp3) is 0.158. The molecule has 0 spiro atoms. The summed E-state index contributed by atoms with van der Waals surface area (Å²) >= 11 is 4.40. The fourth-order valence-electron chi connectivity index (χ4n) is 2.32. The van der Waals surface area contributed by atoms with Gasteiger partial charge in [0.1, 0.15) is 11.6 Å². The molecule has 0 radical (unpaired) electrons. The lowest BCUT2D eigenvalue weighted by atomic mass is 10.2. The van der Waals surface area contributed by atoms with Crippen molar-refractivity contribution in [3.63, 3.8) is 0 Å². The highest BCUT2D eigenvalue weighted by atomic mass is 127. The van der Waals surface area contributed by atoms with Crippen LogP contribution in [-0.4, -0.2) is 18.0 Å². The molecule has 0 bridgehead atoms. The molecule has 26 heavy (non-hydrogen) atoms. The third-order valence-corrected chi connectivity index (χ3v) is 4.97. The van der Waals surface area contributed by atoms with Crippen molar-refractivity contribution in [2.24, 2.45) is 4.99 Å². The molecular weight excluding hydrogens is 563 g/mol. The Labute approximate surface area is 177 Å². The molecule has 2 aromatic carbocycles. The Bertz CT molecular complexity index is 915. The second-order valence-corrected chi connectivity index (χ2v) is 8.15. The summed E-state index contributed by atoms with van der Waals surface area (Å²) in [5, 5.41) is 0. The Morgan fingerprint density at radius 3 is 2.50 bits per heavy atom. The van der Waals surface area contributed by atoms with E-state index in [-0.39, 0.29) is 17.7 Å². The number of aliphatic imine (C=N–C) groups is 1. The second-order valence-electron chi connectivity index (χ2n) is 5.83. The number of hydrogen-bond donors (Lipinski definition) is 0. The van der Waals surface area contributed by atoms with Crippen molar-refractivity contribution in [3.05, 3.63) is 66.2 Å². The first kappa shape index (κ1) is 19.3. The van der Waals surface area contributed by atoms with Crippen molar-refractivity contribution >= 4 is 63.1 Å². The number of hydrogen-bond acceptors (Lipinski definition) is 4. The van der Waals surface area contributed by atoms with Gasteiger partial charge in [-0.05, 0) is 101 Å². The van der Waals surface area contributed by atoms with Crippen LogP contribution in [0.2, 0.25) is 0 Å². The maximum absolute atomic E-state index is 13.4. The highest BCUT2D eigenvalue weighted by Crippen LogP contribution is 2.31. The number of carbonyl (C=O) groups is 1. The van der Waals surface area contributed by atoms with Gasteiger partial charge in [0, 0.05) is 5.56 Å². The molecule has 0 amide bonds. The molecule has 3 rings (SSSR count). The maximum Gasteiger partial charge on any atom is 0.363 e. The number of ether oxygens (including phenoxy) is 2. The predicted molar refractivity (Wildman–Crippen MR) is 115 cm³/mol. The van der Waals surface area contributed by atoms with Crippen LogP contribution in [0.3, 0.4) is 0 Å². The van der Waals surface area contributed by atoms with E-state index in [2.05, 4.69) is 50.2 Å². The van der Waals surface area contributed by atoms with E-state index in [0.717, 1.165) is 18.5 Å². The van der Waals surface area contributed by atoms with E-state index in [9.17, 15) is 9.18 Å². The van der Waals surface area contributed by atoms with E-state index in [1.54, 1.807) is 18.2 Å². The number of cyclic esters (lactones) is 1. The zero-order valence-electron chi connectivity index (χ0n) is 13.9. The molecule has 7 heteroatoms. The molecule has 134 valence electrons. The summed E-state index contributed by atoms with van der Waals surface area (Å²) in [6, 6.07) is 9.61. The van der Waals surface area contributed by atoms with Gasteiger partial charge in [-0.2, -0.15) is 0 Å². The van der Waals surface area contributed by atoms with Crippen LogP contribution in [0.4, 0.5) is 4.39 Å². The summed E-state index contributed by atoms with van der Waals surface area (Å²) in [6.07, 6.45) is 1.72. The van der Waals surface area contributed by atoms with E-state index < -0.39 is 11.8 Å². The van der Waals surface area contributed by atoms with Crippen LogP contribution in [0.1, 0.15) is 25.0 Å². The van der Waals surface area contributed by atoms with Crippen molar-refractivity contribution in [2.45, 2.75) is 20.0 Å². The van der Waals surface area contributed by atoms with E-state index in [4.69, 9.17) is 9.47 Å². The molecule has 2 aromatic rings. The normalized spacial score (nSPS) is 15.4. The van der Waals surface area contributed by atoms with Crippen LogP contribution >= 0.6 is 45.2 Å². The number of halogens is 3. The Morgan fingerprint density at radius 1 is 1.19 bits per heavy atom. The molecule has 0 unspecified atom stereocenters. The summed E-state index contributed by atoms with van der Waals surface area (Å²) in [5.41, 5.74) is 1.41. The van der Waals surface area contributed by atoms with Gasteiger partial charge < -0.3 is 9.47 Å². The van der Waals surface area contributed by atoms with Crippen LogP contribution in [0, 0.1) is 13.0 Å². The summed E-state index contributed by atoms with van der Waals surface area (Å²) < 4.78 is 26.2. The predicted octanol–water partition coefficient (Wildman–Crippen LogP) is 5.17. The highest BCUT2D eigenvalue weighted by Gasteiger charge is 2.24. The van der Waals surface area contributed by atoms with Gasteiger partial charge in [0.15, 0.2) is 5.70 Å². The van der Waals surface area contributed by atoms with E-state index in [1.165, 1.54) is 12.1 Å². The van der Waals surface area contributed by atoms with Crippen molar-refractivity contribution in [1.82, 2.24) is 0 Å². The van der Waals surface area contributed by atoms with Gasteiger partial charge >= 0.3 is 5.97 Å². The van der Waals surface area contributed by atoms with Crippen molar-refractivity contribution in [1.29, 1.82) is 0 Å². The summed E-state index contributed by atoms with van der Waals surface area (Å²) in [7, 11) is 0. The molecule has 0 atom stereocenters. The zero-order valence-corrected chi connectivity index (χ0v) is 18.2. The van der Waals surface area contributed by atoms with Crippen LogP contribution in [-0.2, 0) is 9.53 Å². The Morgan fingerprint density at radius 2 is 1.88 bits per heavy atom. The Hall–Kier alpha value is -1.49. The lowest BCUT2D eigenvalue weighted by molar-refractivity contribution is -0.129. The van der Waals surface area contributed by atoms with Gasteiger partial charge in [0.05, 0.1) is 13.2 Å². The van der Waals surface area contributed by atoms with Gasteiger partial charge in [0.2, 0.25) is 5.90 Å². The lowest BCUT2D eigenvalue weighted by Crippen LogP contribution is -2.08. The number of carbonyl (C=O) groups excluding carboxylic acids is 1. The van der Waals surface area contributed by atoms with Crippen LogP contribution in [0.25, 0.3) is 6.08 Å². The minimum absolute atomic E-state index is 0.0736. The first-order valence-corrected chi connectivity index (χ1v) is 9.93.